The van der Waals surface area contributed by atoms with E-state index in [-0.39, 0.29) is 6.04 Å². The molecular weight excluding hydrogens is 158 g/mol. The Hall–Kier alpha value is -1.08. The van der Waals surface area contributed by atoms with Crippen molar-refractivity contribution in [3.8, 4) is 0 Å². The van der Waals surface area contributed by atoms with Gasteiger partial charge in [0.05, 0.1) is 0 Å². The van der Waals surface area contributed by atoms with Gasteiger partial charge in [-0.15, -0.1) is 0 Å². The zero-order valence-corrected chi connectivity index (χ0v) is 8.33. The molecule has 0 heterocycles. The molecule has 0 spiro atoms. The van der Waals surface area contributed by atoms with E-state index in [1.165, 1.54) is 11.1 Å². The fourth-order valence-corrected chi connectivity index (χ4v) is 1.20. The van der Waals surface area contributed by atoms with Crippen molar-refractivity contribution in [3.05, 3.63) is 47.5 Å². The number of rotatable bonds is 3. The average Bonchev–Trinajstić information content (AvgIpc) is 2.15. The van der Waals surface area contributed by atoms with Crippen LogP contribution in [0.3, 0.4) is 0 Å². The molecule has 0 bridgehead atoms. The Bertz CT molecular complexity index is 270. The summed E-state index contributed by atoms with van der Waals surface area (Å²) in [7, 11) is 0. The van der Waals surface area contributed by atoms with Crippen LogP contribution in [0.25, 0.3) is 0 Å². The van der Waals surface area contributed by atoms with Gasteiger partial charge < -0.3 is 5.73 Å². The lowest BCUT2D eigenvalue weighted by atomic mass is 10.0. The zero-order chi connectivity index (χ0) is 9.68. The Morgan fingerprint density at radius 3 is 2.46 bits per heavy atom. The van der Waals surface area contributed by atoms with E-state index < -0.39 is 0 Å². The van der Waals surface area contributed by atoms with Gasteiger partial charge in [0.2, 0.25) is 0 Å². The largest absolute Gasteiger partial charge is 0.324 e. The van der Waals surface area contributed by atoms with Crippen molar-refractivity contribution in [2.75, 3.05) is 0 Å². The molecule has 0 aromatic heterocycles. The maximum Gasteiger partial charge on any atom is 0.0329 e. The summed E-state index contributed by atoms with van der Waals surface area (Å²) in [6.45, 7) is 4.19. The first kappa shape index (κ1) is 10.0. The average molecular weight is 175 g/mol. The molecule has 2 N–H and O–H groups in total. The first-order valence-electron chi connectivity index (χ1n) is 4.64. The number of hydrogen-bond donors (Lipinski definition) is 1. The molecule has 70 valence electrons. The van der Waals surface area contributed by atoms with E-state index in [0.717, 1.165) is 6.42 Å². The van der Waals surface area contributed by atoms with Crippen LogP contribution >= 0.6 is 0 Å². The first-order chi connectivity index (χ1) is 6.20. The molecule has 0 saturated heterocycles. The lowest BCUT2D eigenvalue weighted by Crippen LogP contribution is -2.08. The van der Waals surface area contributed by atoms with E-state index in [0.29, 0.717) is 0 Å². The van der Waals surface area contributed by atoms with Gasteiger partial charge in [0, 0.05) is 6.04 Å². The molecule has 1 heteroatoms. The van der Waals surface area contributed by atoms with Gasteiger partial charge >= 0.3 is 0 Å². The number of hydrogen-bond acceptors (Lipinski definition) is 1. The maximum absolute atomic E-state index is 6.00. The Morgan fingerprint density at radius 2 is 1.92 bits per heavy atom. The van der Waals surface area contributed by atoms with Crippen LogP contribution in [0.4, 0.5) is 0 Å². The SMILES string of the molecule is CC(C)=CC[C@H](N)c1ccccc1. The summed E-state index contributed by atoms with van der Waals surface area (Å²) in [5.41, 5.74) is 8.53. The standard InChI is InChI=1S/C12H17N/c1-10(2)8-9-12(13)11-6-4-3-5-7-11/h3-8,12H,9,13H2,1-2H3/t12-/m0/s1. The van der Waals surface area contributed by atoms with Gasteiger partial charge in [0.15, 0.2) is 0 Å². The van der Waals surface area contributed by atoms with Crippen LogP contribution in [0.2, 0.25) is 0 Å². The van der Waals surface area contributed by atoms with Crippen molar-refractivity contribution >= 4 is 0 Å². The van der Waals surface area contributed by atoms with Gasteiger partial charge in [0.1, 0.15) is 0 Å². The van der Waals surface area contributed by atoms with E-state index in [1.54, 1.807) is 0 Å². The fourth-order valence-electron chi connectivity index (χ4n) is 1.20. The smallest absolute Gasteiger partial charge is 0.0329 e. The van der Waals surface area contributed by atoms with Crippen molar-refractivity contribution in [1.29, 1.82) is 0 Å². The second-order valence-corrected chi connectivity index (χ2v) is 3.53. The molecule has 0 radical (unpaired) electrons. The predicted molar refractivity (Wildman–Crippen MR) is 57.4 cm³/mol. The molecule has 1 nitrogen and oxygen atoms in total. The molecule has 0 saturated carbocycles. The third-order valence-corrected chi connectivity index (χ3v) is 2.01. The molecule has 13 heavy (non-hydrogen) atoms. The highest BCUT2D eigenvalue weighted by atomic mass is 14.6. The normalized spacial score (nSPS) is 12.2. The summed E-state index contributed by atoms with van der Waals surface area (Å²) in [5, 5.41) is 0. The molecule has 0 fully saturated rings. The van der Waals surface area contributed by atoms with Crippen LogP contribution in [0.1, 0.15) is 31.9 Å². The highest BCUT2D eigenvalue weighted by Gasteiger charge is 2.01. The van der Waals surface area contributed by atoms with Gasteiger partial charge in [-0.3, -0.25) is 0 Å². The van der Waals surface area contributed by atoms with Gasteiger partial charge in [-0.25, -0.2) is 0 Å². The topological polar surface area (TPSA) is 26.0 Å². The van der Waals surface area contributed by atoms with Crippen LogP contribution in [-0.4, -0.2) is 0 Å². The summed E-state index contributed by atoms with van der Waals surface area (Å²) < 4.78 is 0. The molecular formula is C12H17N. The van der Waals surface area contributed by atoms with Gasteiger partial charge in [-0.2, -0.15) is 0 Å². The maximum atomic E-state index is 6.00. The quantitative estimate of drug-likeness (QED) is 0.702. The predicted octanol–water partition coefficient (Wildman–Crippen LogP) is 3.04. The highest BCUT2D eigenvalue weighted by molar-refractivity contribution is 5.19. The molecule has 1 aromatic rings. The van der Waals surface area contributed by atoms with Crippen LogP contribution in [0.5, 0.6) is 0 Å². The Balaban J connectivity index is 2.59. The van der Waals surface area contributed by atoms with Gasteiger partial charge in [0.25, 0.3) is 0 Å². The molecule has 0 aliphatic carbocycles. The summed E-state index contributed by atoms with van der Waals surface area (Å²) in [6.07, 6.45) is 3.10. The van der Waals surface area contributed by atoms with Gasteiger partial charge in [-0.1, -0.05) is 42.0 Å². The minimum Gasteiger partial charge on any atom is -0.324 e. The molecule has 0 unspecified atom stereocenters. The molecule has 1 atom stereocenters. The van der Waals surface area contributed by atoms with Crippen molar-refractivity contribution in [2.24, 2.45) is 5.73 Å². The summed E-state index contributed by atoms with van der Waals surface area (Å²) in [4.78, 5) is 0. The first-order valence-corrected chi connectivity index (χ1v) is 4.64. The molecule has 0 aliphatic rings. The van der Waals surface area contributed by atoms with Crippen LogP contribution in [0, 0.1) is 0 Å². The van der Waals surface area contributed by atoms with Crippen molar-refractivity contribution in [1.82, 2.24) is 0 Å². The third kappa shape index (κ3) is 3.43. The van der Waals surface area contributed by atoms with Crippen LogP contribution in [-0.2, 0) is 0 Å². The van der Waals surface area contributed by atoms with E-state index >= 15 is 0 Å². The zero-order valence-electron chi connectivity index (χ0n) is 8.33. The van der Waals surface area contributed by atoms with E-state index in [2.05, 4.69) is 32.1 Å². The number of benzene rings is 1. The monoisotopic (exact) mass is 175 g/mol. The third-order valence-electron chi connectivity index (χ3n) is 2.01. The lowest BCUT2D eigenvalue weighted by Gasteiger charge is -2.08. The molecule has 1 rings (SSSR count). The fraction of sp³-hybridized carbons (Fsp3) is 0.333. The van der Waals surface area contributed by atoms with Crippen molar-refractivity contribution in [2.45, 2.75) is 26.3 Å². The molecule has 0 amide bonds. The second kappa shape index (κ2) is 4.83. The van der Waals surface area contributed by atoms with Crippen molar-refractivity contribution in [3.63, 3.8) is 0 Å². The summed E-state index contributed by atoms with van der Waals surface area (Å²) in [5.74, 6) is 0. The van der Waals surface area contributed by atoms with Gasteiger partial charge in [-0.05, 0) is 25.8 Å². The Kier molecular flexibility index (Phi) is 3.71. The minimum atomic E-state index is 0.135. The Labute approximate surface area is 80.3 Å². The minimum absolute atomic E-state index is 0.135. The summed E-state index contributed by atoms with van der Waals surface area (Å²) >= 11 is 0. The second-order valence-electron chi connectivity index (χ2n) is 3.53. The van der Waals surface area contributed by atoms with Crippen LogP contribution in [0.15, 0.2) is 42.0 Å². The Morgan fingerprint density at radius 1 is 1.31 bits per heavy atom. The number of allylic oxidation sites excluding steroid dienone is 1. The van der Waals surface area contributed by atoms with Crippen molar-refractivity contribution < 1.29 is 0 Å². The summed E-state index contributed by atoms with van der Waals surface area (Å²) in [6, 6.07) is 10.3. The van der Waals surface area contributed by atoms with E-state index in [1.807, 2.05) is 18.2 Å². The van der Waals surface area contributed by atoms with E-state index in [4.69, 9.17) is 5.73 Å². The molecule has 0 aliphatic heterocycles. The van der Waals surface area contributed by atoms with E-state index in [9.17, 15) is 0 Å². The van der Waals surface area contributed by atoms with Crippen LogP contribution < -0.4 is 5.73 Å². The lowest BCUT2D eigenvalue weighted by molar-refractivity contribution is 0.737. The number of nitrogens with two attached hydrogens (primary N) is 1. The highest BCUT2D eigenvalue weighted by Crippen LogP contribution is 2.14. The molecule has 1 aromatic carbocycles.